The molecule has 0 N–H and O–H groups in total. The standard InChI is InChI=1S/C5H7N3O/c1(5-2-9-5)8-4-6-3-7-8/h3-5H,1-2H2/t5-/m0/s1. The monoisotopic (exact) mass is 125 g/mol. The van der Waals surface area contributed by atoms with E-state index < -0.39 is 0 Å². The zero-order valence-electron chi connectivity index (χ0n) is 4.90. The Morgan fingerprint density at radius 1 is 1.78 bits per heavy atom. The highest BCUT2D eigenvalue weighted by atomic mass is 16.6. The first kappa shape index (κ1) is 4.93. The lowest BCUT2D eigenvalue weighted by molar-refractivity contribution is 0.373. The SMILES string of the molecule is c1ncn(C[C@H]2CO2)n1. The lowest BCUT2D eigenvalue weighted by atomic mass is 10.5. The van der Waals surface area contributed by atoms with E-state index in [1.165, 1.54) is 6.33 Å². The first-order valence-electron chi connectivity index (χ1n) is 2.89. The van der Waals surface area contributed by atoms with Crippen molar-refractivity contribution in [2.75, 3.05) is 6.61 Å². The van der Waals surface area contributed by atoms with Gasteiger partial charge in [-0.1, -0.05) is 0 Å². The maximum absolute atomic E-state index is 4.99. The summed E-state index contributed by atoms with van der Waals surface area (Å²) in [7, 11) is 0. The Kier molecular flexibility index (Phi) is 0.989. The van der Waals surface area contributed by atoms with Crippen molar-refractivity contribution in [3.8, 4) is 0 Å². The fourth-order valence-corrected chi connectivity index (χ4v) is 0.709. The summed E-state index contributed by atoms with van der Waals surface area (Å²) in [6.07, 6.45) is 3.62. The third kappa shape index (κ3) is 1.08. The molecule has 0 spiro atoms. The average Bonchev–Trinajstić information content (AvgIpc) is 2.46. The van der Waals surface area contributed by atoms with Crippen molar-refractivity contribution in [3.63, 3.8) is 0 Å². The van der Waals surface area contributed by atoms with Gasteiger partial charge in [0.25, 0.3) is 0 Å². The van der Waals surface area contributed by atoms with Gasteiger partial charge in [0.1, 0.15) is 18.8 Å². The van der Waals surface area contributed by atoms with E-state index in [2.05, 4.69) is 10.1 Å². The van der Waals surface area contributed by atoms with Gasteiger partial charge in [0.2, 0.25) is 0 Å². The van der Waals surface area contributed by atoms with E-state index in [9.17, 15) is 0 Å². The molecule has 0 bridgehead atoms. The van der Waals surface area contributed by atoms with E-state index >= 15 is 0 Å². The molecule has 4 heteroatoms. The Bertz CT molecular complexity index is 180. The van der Waals surface area contributed by atoms with E-state index in [-0.39, 0.29) is 0 Å². The number of aromatic nitrogens is 3. The summed E-state index contributed by atoms with van der Waals surface area (Å²) in [4.78, 5) is 3.80. The lowest BCUT2D eigenvalue weighted by Gasteiger charge is -1.91. The van der Waals surface area contributed by atoms with Crippen LogP contribution in [0.2, 0.25) is 0 Å². The number of hydrogen-bond acceptors (Lipinski definition) is 3. The number of ether oxygens (including phenoxy) is 1. The number of epoxide rings is 1. The minimum Gasteiger partial charge on any atom is -0.371 e. The van der Waals surface area contributed by atoms with Crippen LogP contribution in [-0.4, -0.2) is 27.5 Å². The smallest absolute Gasteiger partial charge is 0.137 e. The van der Waals surface area contributed by atoms with Crippen molar-refractivity contribution in [2.24, 2.45) is 0 Å². The van der Waals surface area contributed by atoms with Crippen LogP contribution in [0.25, 0.3) is 0 Å². The maximum Gasteiger partial charge on any atom is 0.137 e. The van der Waals surface area contributed by atoms with Gasteiger partial charge in [-0.25, -0.2) is 4.98 Å². The van der Waals surface area contributed by atoms with Gasteiger partial charge >= 0.3 is 0 Å². The van der Waals surface area contributed by atoms with Crippen LogP contribution in [0.15, 0.2) is 12.7 Å². The van der Waals surface area contributed by atoms with Crippen molar-refractivity contribution in [3.05, 3.63) is 12.7 Å². The number of rotatable bonds is 2. The third-order valence-electron chi connectivity index (χ3n) is 1.26. The molecule has 2 rings (SSSR count). The molecule has 48 valence electrons. The van der Waals surface area contributed by atoms with Crippen molar-refractivity contribution in [1.29, 1.82) is 0 Å². The Morgan fingerprint density at radius 2 is 2.67 bits per heavy atom. The second-order valence-corrected chi connectivity index (χ2v) is 2.07. The fraction of sp³-hybridized carbons (Fsp3) is 0.600. The van der Waals surface area contributed by atoms with E-state index in [4.69, 9.17) is 4.74 Å². The van der Waals surface area contributed by atoms with Gasteiger partial charge in [-0.3, -0.25) is 4.68 Å². The molecule has 0 saturated carbocycles. The summed E-state index contributed by atoms with van der Waals surface area (Å²) in [5, 5.41) is 3.92. The molecule has 0 amide bonds. The summed E-state index contributed by atoms with van der Waals surface area (Å²) in [5.41, 5.74) is 0. The first-order chi connectivity index (χ1) is 4.45. The van der Waals surface area contributed by atoms with Gasteiger partial charge in [-0.05, 0) is 0 Å². The van der Waals surface area contributed by atoms with Crippen LogP contribution in [0, 0.1) is 0 Å². The zero-order chi connectivity index (χ0) is 6.10. The largest absolute Gasteiger partial charge is 0.371 e. The van der Waals surface area contributed by atoms with Crippen LogP contribution >= 0.6 is 0 Å². The number of nitrogens with zero attached hydrogens (tertiary/aromatic N) is 3. The van der Waals surface area contributed by atoms with E-state index in [0.717, 1.165) is 13.2 Å². The van der Waals surface area contributed by atoms with Crippen LogP contribution in [0.5, 0.6) is 0 Å². The summed E-state index contributed by atoms with van der Waals surface area (Å²) >= 11 is 0. The molecule has 9 heavy (non-hydrogen) atoms. The Labute approximate surface area is 52.5 Å². The van der Waals surface area contributed by atoms with Crippen LogP contribution in [0.3, 0.4) is 0 Å². The fourth-order valence-electron chi connectivity index (χ4n) is 0.709. The molecule has 1 atom stereocenters. The molecule has 1 saturated heterocycles. The van der Waals surface area contributed by atoms with Crippen molar-refractivity contribution in [1.82, 2.24) is 14.8 Å². The zero-order valence-corrected chi connectivity index (χ0v) is 4.90. The molecular formula is C5H7N3O. The molecule has 4 nitrogen and oxygen atoms in total. The highest BCUT2D eigenvalue weighted by Gasteiger charge is 2.22. The quantitative estimate of drug-likeness (QED) is 0.508. The van der Waals surface area contributed by atoms with Gasteiger partial charge in [0, 0.05) is 0 Å². The summed E-state index contributed by atoms with van der Waals surface area (Å²) in [5.74, 6) is 0. The summed E-state index contributed by atoms with van der Waals surface area (Å²) < 4.78 is 6.77. The van der Waals surface area contributed by atoms with E-state index in [1.807, 2.05) is 0 Å². The third-order valence-corrected chi connectivity index (χ3v) is 1.26. The topological polar surface area (TPSA) is 43.2 Å². The molecule has 1 fully saturated rings. The summed E-state index contributed by atoms with van der Waals surface area (Å²) in [6.45, 7) is 1.72. The molecule has 0 radical (unpaired) electrons. The second-order valence-electron chi connectivity index (χ2n) is 2.07. The molecule has 0 aromatic carbocycles. The van der Waals surface area contributed by atoms with Crippen LogP contribution < -0.4 is 0 Å². The predicted molar refractivity (Wildman–Crippen MR) is 29.8 cm³/mol. The van der Waals surface area contributed by atoms with E-state index in [0.29, 0.717) is 6.10 Å². The minimum absolute atomic E-state index is 0.395. The van der Waals surface area contributed by atoms with E-state index in [1.54, 1.807) is 11.0 Å². The van der Waals surface area contributed by atoms with Gasteiger partial charge in [0.05, 0.1) is 13.2 Å². The van der Waals surface area contributed by atoms with Gasteiger partial charge < -0.3 is 4.74 Å². The molecular weight excluding hydrogens is 118 g/mol. The molecule has 1 aliphatic rings. The molecule has 1 aromatic rings. The Hall–Kier alpha value is -0.900. The van der Waals surface area contributed by atoms with Gasteiger partial charge in [0.15, 0.2) is 0 Å². The van der Waals surface area contributed by atoms with Crippen LogP contribution in [0.4, 0.5) is 0 Å². The minimum atomic E-state index is 0.395. The molecule has 1 aliphatic heterocycles. The molecule has 0 aliphatic carbocycles. The lowest BCUT2D eigenvalue weighted by Crippen LogP contribution is -2.03. The second kappa shape index (κ2) is 1.80. The van der Waals surface area contributed by atoms with Crippen molar-refractivity contribution < 1.29 is 4.74 Å². The van der Waals surface area contributed by atoms with Crippen molar-refractivity contribution in [2.45, 2.75) is 12.6 Å². The molecule has 0 unspecified atom stereocenters. The predicted octanol–water partition coefficient (Wildman–Crippen LogP) is -0.323. The highest BCUT2D eigenvalue weighted by Crippen LogP contribution is 2.09. The van der Waals surface area contributed by atoms with Gasteiger partial charge in [-0.2, -0.15) is 5.10 Å². The molecule has 1 aromatic heterocycles. The molecule has 2 heterocycles. The number of hydrogen-bond donors (Lipinski definition) is 0. The average molecular weight is 125 g/mol. The Morgan fingerprint density at radius 3 is 3.22 bits per heavy atom. The highest BCUT2D eigenvalue weighted by molar-refractivity contribution is 4.69. The Balaban J connectivity index is 1.99. The maximum atomic E-state index is 4.99. The summed E-state index contributed by atoms with van der Waals surface area (Å²) in [6, 6.07) is 0. The first-order valence-corrected chi connectivity index (χ1v) is 2.89. The van der Waals surface area contributed by atoms with Crippen LogP contribution in [0.1, 0.15) is 0 Å². The normalized spacial score (nSPS) is 24.2. The van der Waals surface area contributed by atoms with Crippen molar-refractivity contribution >= 4 is 0 Å². The van der Waals surface area contributed by atoms with Gasteiger partial charge in [-0.15, -0.1) is 0 Å². The van der Waals surface area contributed by atoms with Crippen LogP contribution in [-0.2, 0) is 11.3 Å².